The van der Waals surface area contributed by atoms with Gasteiger partial charge in [0.1, 0.15) is 0 Å². The summed E-state index contributed by atoms with van der Waals surface area (Å²) in [6.07, 6.45) is 9.73. The van der Waals surface area contributed by atoms with Crippen molar-refractivity contribution in [2.24, 2.45) is 0 Å². The summed E-state index contributed by atoms with van der Waals surface area (Å²) in [5.74, 6) is 0. The summed E-state index contributed by atoms with van der Waals surface area (Å²) in [5.41, 5.74) is 7.22. The topological polar surface area (TPSA) is 0 Å². The molecule has 0 N–H and O–H groups in total. The van der Waals surface area contributed by atoms with Crippen molar-refractivity contribution in [3.63, 3.8) is 0 Å². The second-order valence-corrected chi connectivity index (χ2v) is 28.7. The first kappa shape index (κ1) is 23.2. The number of fused-ring (bicyclic) bond motifs is 2. The molecular formula is C26H24Cl2SiZr. The number of hydrogen-bond acceptors (Lipinski definition) is 0. The number of halogens is 2. The SMILES string of the molecule is C=[C](c1ccccc1)[Zr+2]([SiH3])([CH]1C=Cc2ccccc21)[CH]1C=Cc2ccccc21.[Cl-].[Cl-]. The van der Waals surface area contributed by atoms with E-state index in [9.17, 15) is 0 Å². The fraction of sp³-hybridized carbons (Fsp3) is 0.0769. The Morgan fingerprint density at radius 1 is 0.667 bits per heavy atom. The van der Waals surface area contributed by atoms with Crippen molar-refractivity contribution in [1.82, 2.24) is 0 Å². The largest absolute Gasteiger partial charge is 1.00 e. The fourth-order valence-corrected chi connectivity index (χ4v) is 24.4. The van der Waals surface area contributed by atoms with Crippen molar-refractivity contribution < 1.29 is 44.2 Å². The van der Waals surface area contributed by atoms with E-state index in [1.807, 2.05) is 0 Å². The molecule has 0 saturated heterocycles. The van der Waals surface area contributed by atoms with E-state index >= 15 is 0 Å². The molecule has 0 aromatic heterocycles. The van der Waals surface area contributed by atoms with Crippen molar-refractivity contribution in [1.29, 1.82) is 0 Å². The van der Waals surface area contributed by atoms with Crippen LogP contribution in [0.5, 0.6) is 0 Å². The summed E-state index contributed by atoms with van der Waals surface area (Å²) < 4.78 is 2.59. The predicted octanol–water partition coefficient (Wildman–Crippen LogP) is -0.364. The van der Waals surface area contributed by atoms with Crippen LogP contribution in [0, 0.1) is 0 Å². The molecule has 0 amide bonds. The minimum atomic E-state index is -2.95. The third-order valence-corrected chi connectivity index (χ3v) is 30.3. The van der Waals surface area contributed by atoms with Crippen molar-refractivity contribution in [2.75, 3.05) is 0 Å². The second kappa shape index (κ2) is 9.37. The van der Waals surface area contributed by atoms with E-state index < -0.39 is 19.4 Å². The van der Waals surface area contributed by atoms with Crippen molar-refractivity contribution >= 4 is 22.8 Å². The molecule has 2 aliphatic carbocycles. The molecule has 4 heteroatoms. The summed E-state index contributed by atoms with van der Waals surface area (Å²) in [6.45, 7) is 4.79. The number of allylic oxidation sites excluding steroid dienone is 2. The molecule has 2 aliphatic rings. The maximum absolute atomic E-state index is 4.79. The molecule has 0 fully saturated rings. The first-order valence-electron chi connectivity index (χ1n) is 9.98. The Kier molecular flexibility index (Phi) is 7.25. The van der Waals surface area contributed by atoms with E-state index in [0.29, 0.717) is 7.25 Å². The molecule has 30 heavy (non-hydrogen) atoms. The van der Waals surface area contributed by atoms with Gasteiger partial charge in [-0.1, -0.05) is 0 Å². The summed E-state index contributed by atoms with van der Waals surface area (Å²) in [4.78, 5) is 0. The van der Waals surface area contributed by atoms with Crippen molar-refractivity contribution in [3.8, 4) is 0 Å². The van der Waals surface area contributed by atoms with Crippen LogP contribution in [0.25, 0.3) is 15.4 Å². The number of hydrogen-bond donors (Lipinski definition) is 0. The minimum Gasteiger partial charge on any atom is -1.00 e. The summed E-state index contributed by atoms with van der Waals surface area (Å²) in [7, 11) is 1.22. The number of benzene rings is 3. The van der Waals surface area contributed by atoms with E-state index in [0.717, 1.165) is 0 Å². The Labute approximate surface area is 198 Å². The van der Waals surface area contributed by atoms with Gasteiger partial charge < -0.3 is 24.8 Å². The van der Waals surface area contributed by atoms with Gasteiger partial charge in [-0.25, -0.2) is 0 Å². The second-order valence-electron chi connectivity index (χ2n) is 8.06. The van der Waals surface area contributed by atoms with Gasteiger partial charge in [0, 0.05) is 0 Å². The van der Waals surface area contributed by atoms with Crippen molar-refractivity contribution in [2.45, 2.75) is 7.25 Å². The maximum Gasteiger partial charge on any atom is -1.00 e. The van der Waals surface area contributed by atoms with Crippen LogP contribution < -0.4 is 24.8 Å². The summed E-state index contributed by atoms with van der Waals surface area (Å²) in [6, 6.07) is 28.9. The zero-order valence-corrected chi connectivity index (χ0v) is 22.9. The maximum atomic E-state index is 4.79. The van der Waals surface area contributed by atoms with Crippen LogP contribution in [0.4, 0.5) is 0 Å². The summed E-state index contributed by atoms with van der Waals surface area (Å²) in [5, 5.41) is 0. The Hall–Kier alpha value is -1.44. The van der Waals surface area contributed by atoms with Crippen LogP contribution in [-0.2, 0) is 19.4 Å². The molecule has 3 aromatic carbocycles. The van der Waals surface area contributed by atoms with Gasteiger partial charge in [-0.2, -0.15) is 0 Å². The van der Waals surface area contributed by atoms with Gasteiger partial charge >= 0.3 is 175 Å². The van der Waals surface area contributed by atoms with E-state index in [1.165, 1.54) is 38.5 Å². The van der Waals surface area contributed by atoms with Crippen molar-refractivity contribution in [3.05, 3.63) is 125 Å². The van der Waals surface area contributed by atoms with Crippen LogP contribution in [0.15, 0.2) is 97.6 Å². The van der Waals surface area contributed by atoms with Crippen LogP contribution in [0.2, 0.25) is 0 Å². The molecule has 5 rings (SSSR count). The molecule has 0 heterocycles. The quantitative estimate of drug-likeness (QED) is 0.408. The third-order valence-electron chi connectivity index (χ3n) is 6.66. The van der Waals surface area contributed by atoms with Gasteiger partial charge in [-0.05, 0) is 0 Å². The van der Waals surface area contributed by atoms with Crippen LogP contribution in [0.3, 0.4) is 0 Å². The zero-order valence-electron chi connectivity index (χ0n) is 16.9. The van der Waals surface area contributed by atoms with E-state index in [2.05, 4.69) is 103 Å². The monoisotopic (exact) mass is 524 g/mol. The molecule has 2 atom stereocenters. The Bertz CT molecular complexity index is 1060. The van der Waals surface area contributed by atoms with Crippen LogP contribution >= 0.6 is 0 Å². The minimum absolute atomic E-state index is 0. The van der Waals surface area contributed by atoms with Crippen LogP contribution in [0.1, 0.15) is 35.1 Å². The first-order chi connectivity index (χ1) is 13.7. The molecule has 0 spiro atoms. The molecule has 0 bridgehead atoms. The van der Waals surface area contributed by atoms with E-state index in [4.69, 9.17) is 6.58 Å². The first-order valence-corrected chi connectivity index (χ1v) is 22.4. The standard InChI is InChI=1S/2C9H7.C8H7.2ClH.H3Si.Zr/c2*1-2-5-9-7-3-6-8(9)4-1;1-2-8-6-4-3-5-7-8;;;;/h2*1-7H;3-7H,1H2;2*1H;1H3;/q;;;;;;+2/p-2. The van der Waals surface area contributed by atoms with Crippen LogP contribution in [-0.4, -0.2) is 7.37 Å². The smallest absolute Gasteiger partial charge is 1.00 e. The number of rotatable bonds is 4. The summed E-state index contributed by atoms with van der Waals surface area (Å²) >= 11 is -2.95. The van der Waals surface area contributed by atoms with E-state index in [1.54, 1.807) is 0 Å². The molecule has 2 unspecified atom stereocenters. The molecule has 0 saturated carbocycles. The molecule has 3 aromatic rings. The molecule has 150 valence electrons. The predicted molar refractivity (Wildman–Crippen MR) is 122 cm³/mol. The average molecular weight is 527 g/mol. The average Bonchev–Trinajstić information content (AvgIpc) is 3.38. The molecule has 0 nitrogen and oxygen atoms in total. The molecule has 0 radical (unpaired) electrons. The Morgan fingerprint density at radius 2 is 1.10 bits per heavy atom. The van der Waals surface area contributed by atoms with Gasteiger partial charge in [-0.15, -0.1) is 0 Å². The van der Waals surface area contributed by atoms with Gasteiger partial charge in [-0.3, -0.25) is 0 Å². The molecule has 0 aliphatic heterocycles. The fourth-order valence-electron chi connectivity index (χ4n) is 5.06. The zero-order chi connectivity index (χ0) is 19.1. The van der Waals surface area contributed by atoms with Gasteiger partial charge in [0.25, 0.3) is 0 Å². The normalized spacial score (nSPS) is 18.8. The molecular weight excluding hydrogens is 503 g/mol. The third kappa shape index (κ3) is 3.69. The van der Waals surface area contributed by atoms with E-state index in [-0.39, 0.29) is 24.8 Å². The Morgan fingerprint density at radius 3 is 1.60 bits per heavy atom. The van der Waals surface area contributed by atoms with Gasteiger partial charge in [0.15, 0.2) is 0 Å². The Balaban J connectivity index is 0.00000128. The van der Waals surface area contributed by atoms with Gasteiger partial charge in [0.05, 0.1) is 0 Å². The van der Waals surface area contributed by atoms with Gasteiger partial charge in [0.2, 0.25) is 0 Å².